The first-order chi connectivity index (χ1) is 12.0. The highest BCUT2D eigenvalue weighted by Gasteiger charge is 2.18. The molecule has 2 aromatic rings. The number of nitrogens with zero attached hydrogens (tertiary/aromatic N) is 2. The van der Waals surface area contributed by atoms with Gasteiger partial charge >= 0.3 is 5.69 Å². The number of hydrogen-bond donors (Lipinski definition) is 2. The molecule has 132 valence electrons. The van der Waals surface area contributed by atoms with Crippen molar-refractivity contribution in [2.45, 2.75) is 26.7 Å². The maximum atomic E-state index is 12.3. The van der Waals surface area contributed by atoms with Crippen molar-refractivity contribution in [2.24, 2.45) is 5.92 Å². The van der Waals surface area contributed by atoms with E-state index in [0.717, 1.165) is 25.2 Å². The Balaban J connectivity index is 1.58. The molecule has 1 aromatic carbocycles. The number of fused-ring (bicyclic) bond motifs is 1. The number of hydrogen-bond acceptors (Lipinski definition) is 4. The lowest BCUT2D eigenvalue weighted by Crippen LogP contribution is -2.35. The van der Waals surface area contributed by atoms with Gasteiger partial charge in [-0.3, -0.25) is 4.79 Å². The van der Waals surface area contributed by atoms with Gasteiger partial charge in [-0.2, -0.15) is 4.98 Å². The minimum Gasteiger partial charge on any atom is -0.369 e. The van der Waals surface area contributed by atoms with Gasteiger partial charge in [-0.25, -0.2) is 4.79 Å². The molecule has 0 aliphatic carbocycles. The number of anilines is 1. The van der Waals surface area contributed by atoms with Gasteiger partial charge in [-0.1, -0.05) is 32.0 Å². The van der Waals surface area contributed by atoms with E-state index in [2.05, 4.69) is 52.2 Å². The smallest absolute Gasteiger partial charge is 0.345 e. The molecule has 6 heteroatoms. The maximum Gasteiger partial charge on any atom is 0.345 e. The lowest BCUT2D eigenvalue weighted by atomic mass is 10.1. The summed E-state index contributed by atoms with van der Waals surface area (Å²) in [5, 5.41) is 2.87. The van der Waals surface area contributed by atoms with E-state index in [4.69, 9.17) is 0 Å². The van der Waals surface area contributed by atoms with Gasteiger partial charge in [-0.05, 0) is 36.5 Å². The molecule has 0 saturated heterocycles. The first kappa shape index (κ1) is 17.2. The highest BCUT2D eigenvalue weighted by molar-refractivity contribution is 5.92. The number of amides is 1. The van der Waals surface area contributed by atoms with Gasteiger partial charge in [0.05, 0.1) is 0 Å². The van der Waals surface area contributed by atoms with Gasteiger partial charge in [-0.15, -0.1) is 0 Å². The third-order valence-electron chi connectivity index (χ3n) is 4.31. The fraction of sp³-hybridized carbons (Fsp3) is 0.421. The van der Waals surface area contributed by atoms with Gasteiger partial charge in [0.25, 0.3) is 5.91 Å². The van der Waals surface area contributed by atoms with Crippen LogP contribution in [0.15, 0.2) is 35.1 Å². The van der Waals surface area contributed by atoms with Crippen molar-refractivity contribution in [1.29, 1.82) is 0 Å². The Morgan fingerprint density at radius 3 is 2.96 bits per heavy atom. The van der Waals surface area contributed by atoms with Crippen LogP contribution in [-0.4, -0.2) is 35.5 Å². The number of nitrogens with one attached hydrogen (secondary N) is 2. The van der Waals surface area contributed by atoms with Crippen molar-refractivity contribution in [2.75, 3.05) is 24.5 Å². The standard InChI is InChI=1S/C19H24N4O2/c1-13(2)11-15-12-16(22-19(25)21-15)18(24)20-8-10-23-9-7-14-5-3-4-6-17(14)23/h3-6,12-13H,7-11H2,1-2H3,(H,20,24)(H,21,22,25). The summed E-state index contributed by atoms with van der Waals surface area (Å²) in [5.41, 5.74) is 3.04. The largest absolute Gasteiger partial charge is 0.369 e. The van der Waals surface area contributed by atoms with Crippen LogP contribution in [0, 0.1) is 5.92 Å². The SMILES string of the molecule is CC(C)Cc1cc(C(=O)NCCN2CCc3ccccc32)nc(=O)[nH]1. The van der Waals surface area contributed by atoms with Crippen molar-refractivity contribution in [3.63, 3.8) is 0 Å². The van der Waals surface area contributed by atoms with Crippen molar-refractivity contribution >= 4 is 11.6 Å². The fourth-order valence-electron chi connectivity index (χ4n) is 3.21. The number of rotatable bonds is 6. The summed E-state index contributed by atoms with van der Waals surface area (Å²) >= 11 is 0. The molecule has 0 unspecified atom stereocenters. The summed E-state index contributed by atoms with van der Waals surface area (Å²) in [6.07, 6.45) is 1.75. The second-order valence-corrected chi connectivity index (χ2v) is 6.82. The lowest BCUT2D eigenvalue weighted by Gasteiger charge is -2.19. The van der Waals surface area contributed by atoms with Gasteiger partial charge < -0.3 is 15.2 Å². The third-order valence-corrected chi connectivity index (χ3v) is 4.31. The van der Waals surface area contributed by atoms with Crippen LogP contribution in [0.25, 0.3) is 0 Å². The average molecular weight is 340 g/mol. The first-order valence-corrected chi connectivity index (χ1v) is 8.74. The molecule has 2 heterocycles. The Hall–Kier alpha value is -2.63. The molecule has 0 bridgehead atoms. The number of carbonyl (C=O) groups is 1. The predicted octanol–water partition coefficient (Wildman–Crippen LogP) is 1.76. The van der Waals surface area contributed by atoms with E-state index in [-0.39, 0.29) is 11.6 Å². The Kier molecular flexibility index (Phi) is 5.16. The Morgan fingerprint density at radius 2 is 2.16 bits per heavy atom. The number of benzene rings is 1. The molecule has 0 saturated carbocycles. The normalized spacial score (nSPS) is 13.2. The van der Waals surface area contributed by atoms with Crippen LogP contribution in [0.1, 0.15) is 35.6 Å². The molecule has 0 spiro atoms. The van der Waals surface area contributed by atoms with E-state index in [1.807, 2.05) is 6.07 Å². The molecule has 2 N–H and O–H groups in total. The average Bonchev–Trinajstić information content (AvgIpc) is 2.97. The van der Waals surface area contributed by atoms with Crippen LogP contribution in [0.2, 0.25) is 0 Å². The minimum absolute atomic E-state index is 0.182. The van der Waals surface area contributed by atoms with Gasteiger partial charge in [0.1, 0.15) is 5.69 Å². The molecule has 1 amide bonds. The third kappa shape index (κ3) is 4.26. The quantitative estimate of drug-likeness (QED) is 0.840. The number of aromatic amines is 1. The van der Waals surface area contributed by atoms with E-state index in [0.29, 0.717) is 18.9 Å². The molecule has 1 aliphatic heterocycles. The van der Waals surface area contributed by atoms with Crippen molar-refractivity contribution in [3.8, 4) is 0 Å². The molecule has 0 radical (unpaired) electrons. The predicted molar refractivity (Wildman–Crippen MR) is 98.1 cm³/mol. The Bertz CT molecular complexity index is 813. The first-order valence-electron chi connectivity index (χ1n) is 8.74. The Morgan fingerprint density at radius 1 is 1.36 bits per heavy atom. The Labute approximate surface area is 147 Å². The van der Waals surface area contributed by atoms with Crippen LogP contribution >= 0.6 is 0 Å². The molecule has 6 nitrogen and oxygen atoms in total. The van der Waals surface area contributed by atoms with Crippen molar-refractivity contribution < 1.29 is 4.79 Å². The number of carbonyl (C=O) groups excluding carboxylic acids is 1. The lowest BCUT2D eigenvalue weighted by molar-refractivity contribution is 0.0949. The van der Waals surface area contributed by atoms with E-state index in [1.165, 1.54) is 11.3 Å². The van der Waals surface area contributed by atoms with Gasteiger partial charge in [0, 0.05) is 31.0 Å². The second kappa shape index (κ2) is 7.51. The fourth-order valence-corrected chi connectivity index (χ4v) is 3.21. The summed E-state index contributed by atoms with van der Waals surface area (Å²) in [7, 11) is 0. The number of H-pyrrole nitrogens is 1. The summed E-state index contributed by atoms with van der Waals surface area (Å²) in [4.78, 5) is 32.7. The summed E-state index contributed by atoms with van der Waals surface area (Å²) in [5.74, 6) is 0.0905. The molecular weight excluding hydrogens is 316 g/mol. The van der Waals surface area contributed by atoms with Crippen LogP contribution < -0.4 is 15.9 Å². The highest BCUT2D eigenvalue weighted by atomic mass is 16.2. The maximum absolute atomic E-state index is 12.3. The minimum atomic E-state index is -0.475. The van der Waals surface area contributed by atoms with Crippen molar-refractivity contribution in [3.05, 3.63) is 57.8 Å². The van der Waals surface area contributed by atoms with E-state index < -0.39 is 5.69 Å². The van der Waals surface area contributed by atoms with Crippen LogP contribution in [-0.2, 0) is 12.8 Å². The molecule has 25 heavy (non-hydrogen) atoms. The summed E-state index contributed by atoms with van der Waals surface area (Å²) in [6.45, 7) is 6.35. The summed E-state index contributed by atoms with van der Waals surface area (Å²) < 4.78 is 0. The van der Waals surface area contributed by atoms with E-state index in [1.54, 1.807) is 6.07 Å². The number of para-hydroxylation sites is 1. The summed E-state index contributed by atoms with van der Waals surface area (Å²) in [6, 6.07) is 10.0. The van der Waals surface area contributed by atoms with E-state index >= 15 is 0 Å². The molecule has 3 rings (SSSR count). The molecular formula is C19H24N4O2. The van der Waals surface area contributed by atoms with Gasteiger partial charge in [0.2, 0.25) is 0 Å². The second-order valence-electron chi connectivity index (χ2n) is 6.82. The highest BCUT2D eigenvalue weighted by Crippen LogP contribution is 2.26. The van der Waals surface area contributed by atoms with Gasteiger partial charge in [0.15, 0.2) is 0 Å². The molecule has 1 aromatic heterocycles. The molecule has 0 fully saturated rings. The van der Waals surface area contributed by atoms with Crippen molar-refractivity contribution in [1.82, 2.24) is 15.3 Å². The monoisotopic (exact) mass is 340 g/mol. The topological polar surface area (TPSA) is 78.1 Å². The van der Waals surface area contributed by atoms with Crippen LogP contribution in [0.4, 0.5) is 5.69 Å². The molecule has 0 atom stereocenters. The number of aromatic nitrogens is 2. The zero-order chi connectivity index (χ0) is 17.8. The molecule has 1 aliphatic rings. The zero-order valence-electron chi connectivity index (χ0n) is 14.7. The van der Waals surface area contributed by atoms with E-state index in [9.17, 15) is 9.59 Å². The van der Waals surface area contributed by atoms with Crippen LogP contribution in [0.3, 0.4) is 0 Å². The van der Waals surface area contributed by atoms with Crippen LogP contribution in [0.5, 0.6) is 0 Å². The zero-order valence-corrected chi connectivity index (χ0v) is 14.7.